The van der Waals surface area contributed by atoms with E-state index in [2.05, 4.69) is 5.32 Å². The fourth-order valence-corrected chi connectivity index (χ4v) is 4.73. The van der Waals surface area contributed by atoms with Gasteiger partial charge in [-0.2, -0.15) is 0 Å². The largest absolute Gasteiger partial charge is 0.493 e. The molecule has 1 aliphatic heterocycles. The molecular formula is C25H26N2O5S. The molecule has 1 saturated heterocycles. The van der Waals surface area contributed by atoms with Crippen molar-refractivity contribution in [2.24, 2.45) is 0 Å². The van der Waals surface area contributed by atoms with Gasteiger partial charge in [0.1, 0.15) is 0 Å². The quantitative estimate of drug-likeness (QED) is 0.578. The van der Waals surface area contributed by atoms with Crippen LogP contribution in [0.5, 0.6) is 11.5 Å². The summed E-state index contributed by atoms with van der Waals surface area (Å²) < 4.78 is 11.4. The first-order valence-electron chi connectivity index (χ1n) is 11.0. The molecule has 0 radical (unpaired) electrons. The number of amides is 3. The highest BCUT2D eigenvalue weighted by Crippen LogP contribution is 2.33. The van der Waals surface area contributed by atoms with Crippen molar-refractivity contribution in [2.75, 3.05) is 20.2 Å². The van der Waals surface area contributed by atoms with Crippen molar-refractivity contribution in [3.63, 3.8) is 0 Å². The van der Waals surface area contributed by atoms with Gasteiger partial charge in [-0.05, 0) is 67.3 Å². The first-order chi connectivity index (χ1) is 16.0. The summed E-state index contributed by atoms with van der Waals surface area (Å²) in [7, 11) is 1.54. The molecule has 2 aromatic carbocycles. The SMILES string of the molecule is COc1cc(C(=O)NCCN2C(=O)SC(=Cc3ccccc3)C2=O)ccc1OC1CCCC1. The number of hydrogen-bond donors (Lipinski definition) is 1. The van der Waals surface area contributed by atoms with E-state index < -0.39 is 0 Å². The Morgan fingerprint density at radius 1 is 1.12 bits per heavy atom. The fraction of sp³-hybridized carbons (Fsp3) is 0.320. The van der Waals surface area contributed by atoms with Crippen molar-refractivity contribution < 1.29 is 23.9 Å². The summed E-state index contributed by atoms with van der Waals surface area (Å²) in [5.74, 6) is 0.473. The van der Waals surface area contributed by atoms with Crippen LogP contribution in [0.2, 0.25) is 0 Å². The Hall–Kier alpha value is -3.26. The van der Waals surface area contributed by atoms with E-state index in [1.807, 2.05) is 30.3 Å². The highest BCUT2D eigenvalue weighted by atomic mass is 32.2. The van der Waals surface area contributed by atoms with Crippen LogP contribution < -0.4 is 14.8 Å². The monoisotopic (exact) mass is 466 g/mol. The maximum atomic E-state index is 12.6. The van der Waals surface area contributed by atoms with Crippen LogP contribution in [0.1, 0.15) is 41.6 Å². The zero-order chi connectivity index (χ0) is 23.2. The van der Waals surface area contributed by atoms with E-state index in [4.69, 9.17) is 9.47 Å². The number of thioether (sulfide) groups is 1. The summed E-state index contributed by atoms with van der Waals surface area (Å²) in [4.78, 5) is 39.0. The molecule has 2 aromatic rings. The summed E-state index contributed by atoms with van der Waals surface area (Å²) in [6.07, 6.45) is 6.27. The van der Waals surface area contributed by atoms with E-state index in [1.165, 1.54) is 0 Å². The second-order valence-corrected chi connectivity index (χ2v) is 8.88. The van der Waals surface area contributed by atoms with Gasteiger partial charge in [0.25, 0.3) is 17.1 Å². The van der Waals surface area contributed by atoms with Crippen molar-refractivity contribution in [3.05, 3.63) is 64.6 Å². The van der Waals surface area contributed by atoms with Crippen molar-refractivity contribution in [1.82, 2.24) is 10.2 Å². The first-order valence-corrected chi connectivity index (χ1v) is 11.8. The molecule has 7 nitrogen and oxygen atoms in total. The normalized spacial score (nSPS) is 17.6. The van der Waals surface area contributed by atoms with Crippen molar-refractivity contribution >= 4 is 34.9 Å². The molecule has 172 valence electrons. The molecule has 0 atom stereocenters. The predicted molar refractivity (Wildman–Crippen MR) is 127 cm³/mol. The minimum absolute atomic E-state index is 0.0997. The molecule has 0 aromatic heterocycles. The summed E-state index contributed by atoms with van der Waals surface area (Å²) in [6.45, 7) is 0.251. The molecule has 0 spiro atoms. The van der Waals surface area contributed by atoms with Gasteiger partial charge in [-0.3, -0.25) is 19.3 Å². The second-order valence-electron chi connectivity index (χ2n) is 7.89. The Labute approximate surface area is 197 Å². The third-order valence-electron chi connectivity index (χ3n) is 5.61. The smallest absolute Gasteiger partial charge is 0.293 e. The molecule has 2 aliphatic rings. The molecule has 2 fully saturated rings. The van der Waals surface area contributed by atoms with E-state index in [0.29, 0.717) is 22.0 Å². The lowest BCUT2D eigenvalue weighted by molar-refractivity contribution is -0.122. The number of carbonyl (C=O) groups is 3. The topological polar surface area (TPSA) is 84.9 Å². The number of nitrogens with one attached hydrogen (secondary N) is 1. The number of nitrogens with zero attached hydrogens (tertiary/aromatic N) is 1. The lowest BCUT2D eigenvalue weighted by atomic mass is 10.2. The maximum Gasteiger partial charge on any atom is 0.293 e. The minimum atomic E-state index is -0.349. The zero-order valence-electron chi connectivity index (χ0n) is 18.4. The van der Waals surface area contributed by atoms with Gasteiger partial charge < -0.3 is 14.8 Å². The molecule has 1 heterocycles. The van der Waals surface area contributed by atoms with Gasteiger partial charge in [-0.25, -0.2) is 0 Å². The van der Waals surface area contributed by atoms with Crippen LogP contribution in [0.25, 0.3) is 6.08 Å². The summed E-state index contributed by atoms with van der Waals surface area (Å²) in [6, 6.07) is 14.4. The van der Waals surface area contributed by atoms with Crippen LogP contribution in [0.4, 0.5) is 4.79 Å². The van der Waals surface area contributed by atoms with Gasteiger partial charge >= 0.3 is 0 Å². The Morgan fingerprint density at radius 3 is 2.61 bits per heavy atom. The van der Waals surface area contributed by atoms with Crippen LogP contribution in [-0.4, -0.2) is 48.3 Å². The number of rotatable bonds is 8. The minimum Gasteiger partial charge on any atom is -0.493 e. The van der Waals surface area contributed by atoms with Crippen LogP contribution in [0.15, 0.2) is 53.4 Å². The van der Waals surface area contributed by atoms with Gasteiger partial charge in [-0.1, -0.05) is 30.3 Å². The molecule has 8 heteroatoms. The van der Waals surface area contributed by atoms with Crippen molar-refractivity contribution in [2.45, 2.75) is 31.8 Å². The fourth-order valence-electron chi connectivity index (χ4n) is 3.87. The Bertz CT molecular complexity index is 1060. The number of benzene rings is 2. The standard InChI is InChI=1S/C25H26N2O5S/c1-31-21-16-18(11-12-20(21)32-19-9-5-6-10-19)23(28)26-13-14-27-24(29)22(33-25(27)30)15-17-7-3-2-4-8-17/h2-4,7-8,11-12,15-16,19H,5-6,9-10,13-14H2,1H3,(H,26,28). The highest BCUT2D eigenvalue weighted by molar-refractivity contribution is 8.18. The first kappa shape index (κ1) is 22.9. The molecule has 0 bridgehead atoms. The third-order valence-corrected chi connectivity index (χ3v) is 6.52. The number of ether oxygens (including phenoxy) is 2. The zero-order valence-corrected chi connectivity index (χ0v) is 19.2. The van der Waals surface area contributed by atoms with E-state index >= 15 is 0 Å². The Morgan fingerprint density at radius 2 is 1.88 bits per heavy atom. The Balaban J connectivity index is 1.33. The number of hydrogen-bond acceptors (Lipinski definition) is 6. The highest BCUT2D eigenvalue weighted by Gasteiger charge is 2.34. The lowest BCUT2D eigenvalue weighted by Crippen LogP contribution is -2.37. The average Bonchev–Trinajstić information content (AvgIpc) is 3.43. The summed E-state index contributed by atoms with van der Waals surface area (Å²) in [5.41, 5.74) is 1.27. The van der Waals surface area contributed by atoms with E-state index in [-0.39, 0.29) is 36.2 Å². The van der Waals surface area contributed by atoms with Gasteiger partial charge in [0.2, 0.25) is 0 Å². The maximum absolute atomic E-state index is 12.6. The van der Waals surface area contributed by atoms with Gasteiger partial charge in [0.05, 0.1) is 18.1 Å². The summed E-state index contributed by atoms with van der Waals surface area (Å²) in [5, 5.41) is 2.42. The number of carbonyl (C=O) groups excluding carboxylic acids is 3. The molecule has 1 aliphatic carbocycles. The van der Waals surface area contributed by atoms with E-state index in [1.54, 1.807) is 31.4 Å². The van der Waals surface area contributed by atoms with Crippen molar-refractivity contribution in [3.8, 4) is 11.5 Å². The predicted octanol–water partition coefficient (Wildman–Crippen LogP) is 4.48. The van der Waals surface area contributed by atoms with E-state index in [0.717, 1.165) is 47.9 Å². The molecule has 1 N–H and O–H groups in total. The number of methoxy groups -OCH3 is 1. The van der Waals surface area contributed by atoms with Crippen LogP contribution in [-0.2, 0) is 4.79 Å². The van der Waals surface area contributed by atoms with Crippen LogP contribution in [0, 0.1) is 0 Å². The molecule has 33 heavy (non-hydrogen) atoms. The van der Waals surface area contributed by atoms with E-state index in [9.17, 15) is 14.4 Å². The number of imide groups is 1. The molecule has 4 rings (SSSR count). The van der Waals surface area contributed by atoms with Crippen LogP contribution >= 0.6 is 11.8 Å². The Kier molecular flexibility index (Phi) is 7.34. The third kappa shape index (κ3) is 5.57. The molecule has 1 saturated carbocycles. The molecule has 0 unspecified atom stereocenters. The van der Waals surface area contributed by atoms with Gasteiger partial charge in [0, 0.05) is 18.7 Å². The van der Waals surface area contributed by atoms with Gasteiger partial charge in [-0.15, -0.1) is 0 Å². The molecular weight excluding hydrogens is 440 g/mol. The lowest BCUT2D eigenvalue weighted by Gasteiger charge is -2.17. The van der Waals surface area contributed by atoms with Gasteiger partial charge in [0.15, 0.2) is 11.5 Å². The van der Waals surface area contributed by atoms with Crippen LogP contribution in [0.3, 0.4) is 0 Å². The van der Waals surface area contributed by atoms with Crippen molar-refractivity contribution in [1.29, 1.82) is 0 Å². The summed E-state index contributed by atoms with van der Waals surface area (Å²) >= 11 is 0.907. The molecule has 3 amide bonds. The average molecular weight is 467 g/mol. The second kappa shape index (κ2) is 10.6.